The van der Waals surface area contributed by atoms with Crippen LogP contribution in [0, 0.1) is 13.8 Å². The molecule has 1 aromatic rings. The van der Waals surface area contributed by atoms with Gasteiger partial charge in [0.15, 0.2) is 0 Å². The summed E-state index contributed by atoms with van der Waals surface area (Å²) >= 11 is 0. The molecule has 78 valence electrons. The van der Waals surface area contributed by atoms with Crippen molar-refractivity contribution in [3.05, 3.63) is 23.3 Å². The molecule has 0 bridgehead atoms. The summed E-state index contributed by atoms with van der Waals surface area (Å²) in [5.41, 5.74) is 3.16. The molecule has 0 heterocycles. The van der Waals surface area contributed by atoms with Crippen molar-refractivity contribution in [1.29, 1.82) is 0 Å². The molecule has 0 fully saturated rings. The van der Waals surface area contributed by atoms with Crippen LogP contribution in [0.3, 0.4) is 0 Å². The number of hydrogen-bond donors (Lipinski definition) is 2. The average Bonchev–Trinajstić information content (AvgIpc) is 2.14. The first-order valence-electron chi connectivity index (χ1n) is 5.19. The van der Waals surface area contributed by atoms with Crippen molar-refractivity contribution in [2.45, 2.75) is 33.6 Å². The Morgan fingerprint density at radius 2 is 1.93 bits per heavy atom. The summed E-state index contributed by atoms with van der Waals surface area (Å²) < 4.78 is 0. The molecule has 0 unspecified atom stereocenters. The highest BCUT2D eigenvalue weighted by atomic mass is 16.3. The van der Waals surface area contributed by atoms with Gasteiger partial charge in [0, 0.05) is 12.2 Å². The van der Waals surface area contributed by atoms with E-state index >= 15 is 0 Å². The van der Waals surface area contributed by atoms with Crippen LogP contribution in [0.25, 0.3) is 0 Å². The van der Waals surface area contributed by atoms with E-state index in [-0.39, 0.29) is 0 Å². The normalized spacial score (nSPS) is 10.2. The highest BCUT2D eigenvalue weighted by Gasteiger charge is 2.02. The van der Waals surface area contributed by atoms with Gasteiger partial charge in [0.2, 0.25) is 0 Å². The van der Waals surface area contributed by atoms with Gasteiger partial charge in [0.1, 0.15) is 5.75 Å². The number of phenols is 1. The topological polar surface area (TPSA) is 32.3 Å². The van der Waals surface area contributed by atoms with Crippen LogP contribution in [0.2, 0.25) is 0 Å². The molecular weight excluding hydrogens is 174 g/mol. The second kappa shape index (κ2) is 4.89. The molecule has 1 aromatic carbocycles. The lowest BCUT2D eigenvalue weighted by atomic mass is 10.1. The van der Waals surface area contributed by atoms with Crippen LogP contribution in [-0.4, -0.2) is 11.7 Å². The maximum Gasteiger partial charge on any atom is 0.118 e. The second-order valence-corrected chi connectivity index (χ2v) is 3.73. The first-order chi connectivity index (χ1) is 6.65. The molecule has 0 aromatic heterocycles. The minimum Gasteiger partial charge on any atom is -0.508 e. The Kier molecular flexibility index (Phi) is 3.81. The van der Waals surface area contributed by atoms with E-state index in [1.165, 1.54) is 12.8 Å². The van der Waals surface area contributed by atoms with Crippen LogP contribution in [-0.2, 0) is 0 Å². The number of phenolic OH excluding ortho intramolecular Hbond substituents is 1. The van der Waals surface area contributed by atoms with Gasteiger partial charge in [-0.3, -0.25) is 0 Å². The Morgan fingerprint density at radius 1 is 1.21 bits per heavy atom. The molecule has 1 rings (SSSR count). The first-order valence-corrected chi connectivity index (χ1v) is 5.19. The largest absolute Gasteiger partial charge is 0.508 e. The lowest BCUT2D eigenvalue weighted by Crippen LogP contribution is -2.02. The third kappa shape index (κ3) is 2.66. The van der Waals surface area contributed by atoms with Crippen molar-refractivity contribution in [3.8, 4) is 5.75 Å². The molecule has 2 N–H and O–H groups in total. The summed E-state index contributed by atoms with van der Waals surface area (Å²) in [6.45, 7) is 7.10. The molecule has 2 nitrogen and oxygen atoms in total. The van der Waals surface area contributed by atoms with Gasteiger partial charge >= 0.3 is 0 Å². The Morgan fingerprint density at radius 3 is 2.57 bits per heavy atom. The summed E-state index contributed by atoms with van der Waals surface area (Å²) in [4.78, 5) is 0. The van der Waals surface area contributed by atoms with E-state index in [9.17, 15) is 5.11 Å². The molecule has 0 aliphatic rings. The van der Waals surface area contributed by atoms with Crippen LogP contribution in [0.1, 0.15) is 30.9 Å². The van der Waals surface area contributed by atoms with Gasteiger partial charge in [-0.15, -0.1) is 0 Å². The zero-order valence-electron chi connectivity index (χ0n) is 9.22. The average molecular weight is 193 g/mol. The third-order valence-electron chi connectivity index (χ3n) is 2.39. The predicted molar refractivity (Wildman–Crippen MR) is 61.0 cm³/mol. The summed E-state index contributed by atoms with van der Waals surface area (Å²) in [6, 6.07) is 3.81. The third-order valence-corrected chi connectivity index (χ3v) is 2.39. The Labute approximate surface area is 86.0 Å². The Hall–Kier alpha value is -1.18. The van der Waals surface area contributed by atoms with E-state index in [1.807, 2.05) is 26.0 Å². The lowest BCUT2D eigenvalue weighted by molar-refractivity contribution is 0.471. The van der Waals surface area contributed by atoms with Crippen LogP contribution in [0.4, 0.5) is 5.69 Å². The molecule has 0 radical (unpaired) electrons. The molecule has 14 heavy (non-hydrogen) atoms. The molecule has 0 spiro atoms. The van der Waals surface area contributed by atoms with Crippen LogP contribution >= 0.6 is 0 Å². The quantitative estimate of drug-likeness (QED) is 0.568. The highest BCUT2D eigenvalue weighted by molar-refractivity contribution is 5.56. The van der Waals surface area contributed by atoms with Crippen molar-refractivity contribution in [2.24, 2.45) is 0 Å². The number of nitrogens with one attached hydrogen (secondary N) is 1. The number of unbranched alkanes of at least 4 members (excludes halogenated alkanes) is 1. The zero-order chi connectivity index (χ0) is 10.6. The van der Waals surface area contributed by atoms with Crippen LogP contribution in [0.15, 0.2) is 12.1 Å². The second-order valence-electron chi connectivity index (χ2n) is 3.73. The number of rotatable bonds is 4. The van der Waals surface area contributed by atoms with Crippen molar-refractivity contribution >= 4 is 5.69 Å². The van der Waals surface area contributed by atoms with Crippen LogP contribution in [0.5, 0.6) is 5.75 Å². The van der Waals surface area contributed by atoms with Gasteiger partial charge in [0.25, 0.3) is 0 Å². The maximum atomic E-state index is 9.47. The Bertz CT molecular complexity index is 307. The van der Waals surface area contributed by atoms with Gasteiger partial charge in [-0.1, -0.05) is 13.3 Å². The van der Waals surface area contributed by atoms with Gasteiger partial charge in [-0.2, -0.15) is 0 Å². The van der Waals surface area contributed by atoms with E-state index in [0.29, 0.717) is 5.75 Å². The molecular formula is C12H19NO. The molecule has 0 aliphatic heterocycles. The highest BCUT2D eigenvalue weighted by Crippen LogP contribution is 2.24. The number of aromatic hydroxyl groups is 1. The fourth-order valence-corrected chi connectivity index (χ4v) is 1.39. The lowest BCUT2D eigenvalue weighted by Gasteiger charge is -2.11. The van der Waals surface area contributed by atoms with Gasteiger partial charge in [0.05, 0.1) is 0 Å². The number of hydrogen-bond acceptors (Lipinski definition) is 2. The van der Waals surface area contributed by atoms with Crippen molar-refractivity contribution in [3.63, 3.8) is 0 Å². The van der Waals surface area contributed by atoms with Gasteiger partial charge in [-0.05, 0) is 43.5 Å². The molecule has 0 amide bonds. The van der Waals surface area contributed by atoms with E-state index < -0.39 is 0 Å². The summed E-state index contributed by atoms with van der Waals surface area (Å²) in [5.74, 6) is 0.378. The SMILES string of the molecule is CCCCNc1cc(C)c(O)cc1C. The Balaban J connectivity index is 2.72. The summed E-state index contributed by atoms with van der Waals surface area (Å²) in [5, 5.41) is 12.8. The van der Waals surface area contributed by atoms with Gasteiger partial charge < -0.3 is 10.4 Å². The molecule has 0 aliphatic carbocycles. The van der Waals surface area contributed by atoms with E-state index in [1.54, 1.807) is 0 Å². The summed E-state index contributed by atoms with van der Waals surface area (Å²) in [7, 11) is 0. The molecule has 0 saturated heterocycles. The van der Waals surface area contributed by atoms with Crippen LogP contribution < -0.4 is 5.32 Å². The molecule has 2 heteroatoms. The predicted octanol–water partition coefficient (Wildman–Crippen LogP) is 3.22. The number of anilines is 1. The van der Waals surface area contributed by atoms with Crippen molar-refractivity contribution < 1.29 is 5.11 Å². The molecule has 0 atom stereocenters. The minimum atomic E-state index is 0.378. The number of aryl methyl sites for hydroxylation is 2. The fraction of sp³-hybridized carbons (Fsp3) is 0.500. The van der Waals surface area contributed by atoms with E-state index in [0.717, 1.165) is 23.4 Å². The fourth-order valence-electron chi connectivity index (χ4n) is 1.39. The zero-order valence-corrected chi connectivity index (χ0v) is 9.22. The number of benzene rings is 1. The minimum absolute atomic E-state index is 0.378. The first kappa shape index (κ1) is 10.9. The van der Waals surface area contributed by atoms with Crippen molar-refractivity contribution in [2.75, 3.05) is 11.9 Å². The standard InChI is InChI=1S/C12H19NO/c1-4-5-6-13-11-7-10(3)12(14)8-9(11)2/h7-8,13-14H,4-6H2,1-3H3. The smallest absolute Gasteiger partial charge is 0.118 e. The van der Waals surface area contributed by atoms with Gasteiger partial charge in [-0.25, -0.2) is 0 Å². The van der Waals surface area contributed by atoms with E-state index in [4.69, 9.17) is 0 Å². The summed E-state index contributed by atoms with van der Waals surface area (Å²) in [6.07, 6.45) is 2.38. The van der Waals surface area contributed by atoms with Crippen molar-refractivity contribution in [1.82, 2.24) is 0 Å². The monoisotopic (exact) mass is 193 g/mol. The maximum absolute atomic E-state index is 9.47. The molecule has 0 saturated carbocycles. The van der Waals surface area contributed by atoms with E-state index in [2.05, 4.69) is 12.2 Å².